The third-order valence-electron chi connectivity index (χ3n) is 2.60. The Bertz CT molecular complexity index is 385. The van der Waals surface area contributed by atoms with Gasteiger partial charge in [-0.1, -0.05) is 0 Å². The summed E-state index contributed by atoms with van der Waals surface area (Å²) in [6, 6.07) is 1.78. The van der Waals surface area contributed by atoms with E-state index in [9.17, 15) is 9.59 Å². The van der Waals surface area contributed by atoms with E-state index in [0.29, 0.717) is 38.0 Å². The topological polar surface area (TPSA) is 84.2 Å². The molecule has 0 atom stereocenters. The standard InChI is InChI=1S/C13H21N3O2S.ClH/c14-6-1-2-7-15-12(17)4-3-8-16-13(18)11-5-9-19-10-11;/h5,9-10H,1-4,6-8,14H2,(H,15,17)(H,16,18);1H. The monoisotopic (exact) mass is 319 g/mol. The highest BCUT2D eigenvalue weighted by atomic mass is 35.5. The van der Waals surface area contributed by atoms with Crippen LogP contribution in [-0.4, -0.2) is 31.4 Å². The van der Waals surface area contributed by atoms with Crippen molar-refractivity contribution in [2.45, 2.75) is 25.7 Å². The molecule has 0 aliphatic heterocycles. The molecule has 2 amide bonds. The number of hydrogen-bond donors (Lipinski definition) is 3. The Kier molecular flexibility index (Phi) is 11.0. The molecule has 20 heavy (non-hydrogen) atoms. The Labute approximate surface area is 129 Å². The van der Waals surface area contributed by atoms with E-state index in [0.717, 1.165) is 12.8 Å². The molecule has 0 saturated carbocycles. The van der Waals surface area contributed by atoms with Gasteiger partial charge in [-0.25, -0.2) is 0 Å². The summed E-state index contributed by atoms with van der Waals surface area (Å²) in [6.07, 6.45) is 2.93. The second-order valence-electron chi connectivity index (χ2n) is 4.22. The van der Waals surface area contributed by atoms with Gasteiger partial charge in [0.25, 0.3) is 5.91 Å². The Morgan fingerprint density at radius 3 is 2.55 bits per heavy atom. The summed E-state index contributed by atoms with van der Waals surface area (Å²) in [5, 5.41) is 9.29. The molecule has 0 aromatic carbocycles. The maximum atomic E-state index is 11.6. The molecule has 1 aromatic heterocycles. The van der Waals surface area contributed by atoms with Gasteiger partial charge in [-0.2, -0.15) is 11.3 Å². The minimum Gasteiger partial charge on any atom is -0.356 e. The maximum Gasteiger partial charge on any atom is 0.252 e. The number of nitrogens with two attached hydrogens (primary N) is 1. The summed E-state index contributed by atoms with van der Waals surface area (Å²) < 4.78 is 0. The Morgan fingerprint density at radius 2 is 1.90 bits per heavy atom. The van der Waals surface area contributed by atoms with E-state index in [1.807, 2.05) is 5.38 Å². The van der Waals surface area contributed by atoms with Crippen molar-refractivity contribution in [2.24, 2.45) is 5.73 Å². The number of thiophene rings is 1. The predicted octanol–water partition coefficient (Wildman–Crippen LogP) is 1.53. The highest BCUT2D eigenvalue weighted by Crippen LogP contribution is 2.05. The molecule has 0 fully saturated rings. The average Bonchev–Trinajstić information content (AvgIpc) is 2.93. The fourth-order valence-corrected chi connectivity index (χ4v) is 2.17. The molecule has 114 valence electrons. The predicted molar refractivity (Wildman–Crippen MR) is 84.4 cm³/mol. The van der Waals surface area contributed by atoms with Crippen LogP contribution < -0.4 is 16.4 Å². The number of halogens is 1. The molecule has 7 heteroatoms. The van der Waals surface area contributed by atoms with Crippen LogP contribution in [0.5, 0.6) is 0 Å². The molecule has 1 rings (SSSR count). The van der Waals surface area contributed by atoms with Crippen LogP contribution in [0.4, 0.5) is 0 Å². The van der Waals surface area contributed by atoms with Crippen LogP contribution in [0.15, 0.2) is 16.8 Å². The van der Waals surface area contributed by atoms with Gasteiger partial charge in [-0.3, -0.25) is 9.59 Å². The van der Waals surface area contributed by atoms with Crippen molar-refractivity contribution in [1.82, 2.24) is 10.6 Å². The summed E-state index contributed by atoms with van der Waals surface area (Å²) in [6.45, 7) is 1.85. The van der Waals surface area contributed by atoms with Crippen molar-refractivity contribution < 1.29 is 9.59 Å². The van der Waals surface area contributed by atoms with Gasteiger partial charge >= 0.3 is 0 Å². The van der Waals surface area contributed by atoms with Gasteiger partial charge in [0, 0.05) is 30.5 Å². The van der Waals surface area contributed by atoms with Crippen LogP contribution in [0.25, 0.3) is 0 Å². The largest absolute Gasteiger partial charge is 0.356 e. The number of amides is 2. The second-order valence-corrected chi connectivity index (χ2v) is 5.00. The van der Waals surface area contributed by atoms with E-state index in [-0.39, 0.29) is 24.2 Å². The first-order valence-corrected chi connectivity index (χ1v) is 7.45. The van der Waals surface area contributed by atoms with Crippen LogP contribution in [0.2, 0.25) is 0 Å². The smallest absolute Gasteiger partial charge is 0.252 e. The van der Waals surface area contributed by atoms with Crippen LogP contribution in [-0.2, 0) is 4.79 Å². The highest BCUT2D eigenvalue weighted by Gasteiger charge is 2.05. The summed E-state index contributed by atoms with van der Waals surface area (Å²) in [4.78, 5) is 23.0. The summed E-state index contributed by atoms with van der Waals surface area (Å²) >= 11 is 1.49. The van der Waals surface area contributed by atoms with Crippen molar-refractivity contribution in [2.75, 3.05) is 19.6 Å². The van der Waals surface area contributed by atoms with Gasteiger partial charge in [0.15, 0.2) is 0 Å². The highest BCUT2D eigenvalue weighted by molar-refractivity contribution is 7.08. The average molecular weight is 320 g/mol. The van der Waals surface area contributed by atoms with Crippen molar-refractivity contribution in [3.8, 4) is 0 Å². The molecule has 0 saturated heterocycles. The number of rotatable bonds is 9. The minimum absolute atomic E-state index is 0. The molecule has 4 N–H and O–H groups in total. The van der Waals surface area contributed by atoms with Gasteiger partial charge in [0.2, 0.25) is 5.91 Å². The van der Waals surface area contributed by atoms with Crippen molar-refractivity contribution >= 4 is 35.6 Å². The van der Waals surface area contributed by atoms with E-state index in [1.54, 1.807) is 11.4 Å². The molecule has 0 spiro atoms. The zero-order valence-electron chi connectivity index (χ0n) is 11.4. The van der Waals surface area contributed by atoms with E-state index in [1.165, 1.54) is 11.3 Å². The Balaban J connectivity index is 0.00000361. The second kappa shape index (κ2) is 11.7. The number of carbonyl (C=O) groups is 2. The fraction of sp³-hybridized carbons (Fsp3) is 0.538. The molecule has 1 heterocycles. The van der Waals surface area contributed by atoms with E-state index < -0.39 is 0 Å². The van der Waals surface area contributed by atoms with Gasteiger partial charge < -0.3 is 16.4 Å². The first-order valence-electron chi connectivity index (χ1n) is 6.51. The molecule has 0 aliphatic rings. The van der Waals surface area contributed by atoms with Crippen molar-refractivity contribution in [3.63, 3.8) is 0 Å². The van der Waals surface area contributed by atoms with Crippen LogP contribution in [0, 0.1) is 0 Å². The zero-order chi connectivity index (χ0) is 13.9. The SMILES string of the molecule is Cl.NCCCCNC(=O)CCCNC(=O)c1ccsc1. The van der Waals surface area contributed by atoms with Gasteiger partial charge in [0.1, 0.15) is 0 Å². The quantitative estimate of drug-likeness (QED) is 0.604. The number of carbonyl (C=O) groups excluding carboxylic acids is 2. The molecule has 5 nitrogen and oxygen atoms in total. The molecule has 0 aliphatic carbocycles. The van der Waals surface area contributed by atoms with Gasteiger partial charge in [-0.05, 0) is 37.3 Å². The zero-order valence-corrected chi connectivity index (χ0v) is 13.0. The normalized spacial score (nSPS) is 9.65. The maximum absolute atomic E-state index is 11.6. The minimum atomic E-state index is -0.0791. The van der Waals surface area contributed by atoms with Crippen LogP contribution >= 0.6 is 23.7 Å². The molecule has 1 aromatic rings. The van der Waals surface area contributed by atoms with E-state index >= 15 is 0 Å². The number of nitrogens with one attached hydrogen (secondary N) is 2. The van der Waals surface area contributed by atoms with Crippen molar-refractivity contribution in [1.29, 1.82) is 0 Å². The molecular weight excluding hydrogens is 298 g/mol. The lowest BCUT2D eigenvalue weighted by molar-refractivity contribution is -0.121. The van der Waals surface area contributed by atoms with Gasteiger partial charge in [0.05, 0.1) is 0 Å². The van der Waals surface area contributed by atoms with Crippen LogP contribution in [0.1, 0.15) is 36.0 Å². The third kappa shape index (κ3) is 8.14. The first-order chi connectivity index (χ1) is 9.24. The summed E-state index contributed by atoms with van der Waals surface area (Å²) in [7, 11) is 0. The third-order valence-corrected chi connectivity index (χ3v) is 3.29. The first kappa shape index (κ1) is 18.9. The molecular formula is C13H22ClN3O2S. The van der Waals surface area contributed by atoms with Crippen LogP contribution in [0.3, 0.4) is 0 Å². The fourth-order valence-electron chi connectivity index (χ4n) is 1.53. The van der Waals surface area contributed by atoms with E-state index in [4.69, 9.17) is 5.73 Å². The lowest BCUT2D eigenvalue weighted by atomic mass is 10.2. The Morgan fingerprint density at radius 1 is 1.15 bits per heavy atom. The molecule has 0 unspecified atom stereocenters. The molecule has 0 radical (unpaired) electrons. The van der Waals surface area contributed by atoms with Gasteiger partial charge in [-0.15, -0.1) is 12.4 Å². The summed E-state index contributed by atoms with van der Waals surface area (Å²) in [5.41, 5.74) is 6.04. The Hall–Kier alpha value is -1.11. The van der Waals surface area contributed by atoms with E-state index in [2.05, 4.69) is 10.6 Å². The van der Waals surface area contributed by atoms with Crippen molar-refractivity contribution in [3.05, 3.63) is 22.4 Å². The number of unbranched alkanes of at least 4 members (excludes halogenated alkanes) is 1. The lowest BCUT2D eigenvalue weighted by Crippen LogP contribution is -2.28. The lowest BCUT2D eigenvalue weighted by Gasteiger charge is -2.05. The number of hydrogen-bond acceptors (Lipinski definition) is 4. The molecule has 0 bridgehead atoms. The summed E-state index contributed by atoms with van der Waals surface area (Å²) in [5.74, 6) is -0.0496.